The Balaban J connectivity index is 1.55. The van der Waals surface area contributed by atoms with Crippen LogP contribution in [0.5, 0.6) is 0 Å². The van der Waals surface area contributed by atoms with E-state index in [-0.39, 0.29) is 37.3 Å². The van der Waals surface area contributed by atoms with Crippen molar-refractivity contribution in [2.24, 2.45) is 11.8 Å². The van der Waals surface area contributed by atoms with Gasteiger partial charge in [-0.25, -0.2) is 4.79 Å². The number of rotatable bonds is 11. The molecular weight excluding hydrogens is 432 g/mol. The topological polar surface area (TPSA) is 105 Å². The van der Waals surface area contributed by atoms with Crippen molar-refractivity contribution in [2.45, 2.75) is 52.0 Å². The van der Waals surface area contributed by atoms with Gasteiger partial charge in [-0.2, -0.15) is 0 Å². The molecule has 0 fully saturated rings. The van der Waals surface area contributed by atoms with E-state index in [1.807, 2.05) is 45.0 Å². The molecule has 0 aliphatic heterocycles. The van der Waals surface area contributed by atoms with Crippen LogP contribution in [-0.2, 0) is 14.3 Å². The first-order chi connectivity index (χ1) is 16.3. The lowest BCUT2D eigenvalue weighted by Crippen LogP contribution is -2.43. The number of aliphatic carboxylic acids is 1. The predicted octanol–water partition coefficient (Wildman–Crippen LogP) is 4.56. The molecule has 3 N–H and O–H groups in total. The van der Waals surface area contributed by atoms with E-state index in [2.05, 4.69) is 34.9 Å². The highest BCUT2D eigenvalue weighted by atomic mass is 16.5. The highest BCUT2D eigenvalue weighted by Crippen LogP contribution is 2.44. The number of benzene rings is 2. The third-order valence-corrected chi connectivity index (χ3v) is 6.39. The Morgan fingerprint density at radius 2 is 1.59 bits per heavy atom. The van der Waals surface area contributed by atoms with E-state index in [4.69, 9.17) is 4.74 Å². The lowest BCUT2D eigenvalue weighted by molar-refractivity contribution is -0.141. The Labute approximate surface area is 200 Å². The molecule has 0 heterocycles. The maximum Gasteiger partial charge on any atom is 0.407 e. The van der Waals surface area contributed by atoms with Crippen LogP contribution in [0.3, 0.4) is 0 Å². The fraction of sp³-hybridized carbons (Fsp3) is 0.444. The Morgan fingerprint density at radius 3 is 2.12 bits per heavy atom. The van der Waals surface area contributed by atoms with E-state index in [1.54, 1.807) is 0 Å². The predicted molar refractivity (Wildman–Crippen MR) is 130 cm³/mol. The van der Waals surface area contributed by atoms with Gasteiger partial charge in [-0.1, -0.05) is 75.7 Å². The molecular formula is C27H34N2O5. The highest BCUT2D eigenvalue weighted by Gasteiger charge is 2.29. The van der Waals surface area contributed by atoms with Crippen molar-refractivity contribution in [3.8, 4) is 11.1 Å². The number of carbonyl (C=O) groups excluding carboxylic acids is 2. The maximum absolute atomic E-state index is 12.6. The molecule has 2 aromatic rings. The first kappa shape index (κ1) is 25.3. The van der Waals surface area contributed by atoms with E-state index in [1.165, 1.54) is 0 Å². The van der Waals surface area contributed by atoms with Gasteiger partial charge in [-0.3, -0.25) is 9.59 Å². The SMILES string of the molecule is CCCC(CNC(=O)CC(NC(=O)OCC1c2ccccc2-c2ccccc21)C(C)C)C(=O)O. The minimum atomic E-state index is -0.917. The summed E-state index contributed by atoms with van der Waals surface area (Å²) in [5.74, 6) is -1.86. The largest absolute Gasteiger partial charge is 0.481 e. The normalized spacial score (nSPS) is 14.1. The smallest absolute Gasteiger partial charge is 0.407 e. The van der Waals surface area contributed by atoms with Crippen molar-refractivity contribution in [1.29, 1.82) is 0 Å². The van der Waals surface area contributed by atoms with Gasteiger partial charge in [0.15, 0.2) is 0 Å². The second-order valence-electron chi connectivity index (χ2n) is 9.15. The lowest BCUT2D eigenvalue weighted by atomic mass is 9.98. The molecule has 2 unspecified atom stereocenters. The molecule has 0 bridgehead atoms. The van der Waals surface area contributed by atoms with E-state index < -0.39 is 24.0 Å². The first-order valence-electron chi connectivity index (χ1n) is 11.9. The van der Waals surface area contributed by atoms with Gasteiger partial charge in [0.05, 0.1) is 5.92 Å². The zero-order chi connectivity index (χ0) is 24.7. The van der Waals surface area contributed by atoms with Crippen molar-refractivity contribution in [2.75, 3.05) is 13.2 Å². The minimum absolute atomic E-state index is 0.00264. The van der Waals surface area contributed by atoms with Gasteiger partial charge in [0.1, 0.15) is 6.61 Å². The molecule has 7 nitrogen and oxygen atoms in total. The van der Waals surface area contributed by atoms with Crippen LogP contribution < -0.4 is 10.6 Å². The number of nitrogens with one attached hydrogen (secondary N) is 2. The van der Waals surface area contributed by atoms with Crippen LogP contribution in [0.25, 0.3) is 11.1 Å². The number of amides is 2. The molecule has 1 aliphatic carbocycles. The average molecular weight is 467 g/mol. The third-order valence-electron chi connectivity index (χ3n) is 6.39. The first-order valence-corrected chi connectivity index (χ1v) is 11.9. The maximum atomic E-state index is 12.6. The molecule has 0 saturated carbocycles. The molecule has 0 spiro atoms. The zero-order valence-corrected chi connectivity index (χ0v) is 20.0. The van der Waals surface area contributed by atoms with E-state index >= 15 is 0 Å². The van der Waals surface area contributed by atoms with Crippen LogP contribution >= 0.6 is 0 Å². The van der Waals surface area contributed by atoms with Crippen LogP contribution in [0.1, 0.15) is 57.1 Å². The molecule has 182 valence electrons. The van der Waals surface area contributed by atoms with E-state index in [9.17, 15) is 19.5 Å². The fourth-order valence-electron chi connectivity index (χ4n) is 4.42. The fourth-order valence-corrected chi connectivity index (χ4v) is 4.42. The summed E-state index contributed by atoms with van der Waals surface area (Å²) in [7, 11) is 0. The van der Waals surface area contributed by atoms with Crippen LogP contribution in [0.4, 0.5) is 4.79 Å². The summed E-state index contributed by atoms with van der Waals surface area (Å²) in [6, 6.07) is 15.8. The minimum Gasteiger partial charge on any atom is -0.481 e. The summed E-state index contributed by atoms with van der Waals surface area (Å²) in [6.45, 7) is 6.02. The average Bonchev–Trinajstić information content (AvgIpc) is 3.13. The van der Waals surface area contributed by atoms with Crippen molar-refractivity contribution < 1.29 is 24.2 Å². The number of hydrogen-bond donors (Lipinski definition) is 3. The number of carbonyl (C=O) groups is 3. The Kier molecular flexibility index (Phi) is 8.68. The van der Waals surface area contributed by atoms with Crippen molar-refractivity contribution in [1.82, 2.24) is 10.6 Å². The molecule has 0 radical (unpaired) electrons. The van der Waals surface area contributed by atoms with Gasteiger partial charge in [-0.05, 0) is 34.6 Å². The standard InChI is InChI=1S/C27H34N2O5/c1-4-9-18(26(31)32)15-28-25(30)14-24(17(2)3)29-27(33)34-16-23-21-12-7-5-10-19(21)20-11-6-8-13-22(20)23/h5-8,10-13,17-18,23-24H,4,9,14-16H2,1-3H3,(H,28,30)(H,29,33)(H,31,32). The molecule has 2 atom stereocenters. The summed E-state index contributed by atoms with van der Waals surface area (Å²) in [5, 5.41) is 14.8. The Hall–Kier alpha value is -3.35. The molecule has 0 saturated heterocycles. The highest BCUT2D eigenvalue weighted by molar-refractivity contribution is 5.80. The molecule has 1 aliphatic rings. The summed E-state index contributed by atoms with van der Waals surface area (Å²) in [6.07, 6.45) is 0.717. The Morgan fingerprint density at radius 1 is 1.00 bits per heavy atom. The van der Waals surface area contributed by atoms with E-state index in [0.29, 0.717) is 6.42 Å². The van der Waals surface area contributed by atoms with Crippen molar-refractivity contribution >= 4 is 18.0 Å². The van der Waals surface area contributed by atoms with Crippen molar-refractivity contribution in [3.05, 3.63) is 59.7 Å². The van der Waals surface area contributed by atoms with Crippen LogP contribution in [0.2, 0.25) is 0 Å². The number of fused-ring (bicyclic) bond motifs is 3. The second-order valence-corrected chi connectivity index (χ2v) is 9.15. The molecule has 0 aromatic heterocycles. The molecule has 7 heteroatoms. The summed E-state index contributed by atoms with van der Waals surface area (Å²) < 4.78 is 5.60. The summed E-state index contributed by atoms with van der Waals surface area (Å²) in [5.41, 5.74) is 4.59. The second kappa shape index (κ2) is 11.7. The summed E-state index contributed by atoms with van der Waals surface area (Å²) in [4.78, 5) is 36.3. The van der Waals surface area contributed by atoms with Crippen LogP contribution in [0, 0.1) is 11.8 Å². The van der Waals surface area contributed by atoms with Crippen LogP contribution in [0.15, 0.2) is 48.5 Å². The molecule has 2 aromatic carbocycles. The summed E-state index contributed by atoms with van der Waals surface area (Å²) >= 11 is 0. The molecule has 2 amide bonds. The van der Waals surface area contributed by atoms with Gasteiger partial charge in [0, 0.05) is 24.9 Å². The monoisotopic (exact) mass is 466 g/mol. The zero-order valence-electron chi connectivity index (χ0n) is 20.0. The van der Waals surface area contributed by atoms with Gasteiger partial charge >= 0.3 is 12.1 Å². The van der Waals surface area contributed by atoms with Gasteiger partial charge in [0.2, 0.25) is 5.91 Å². The quantitative estimate of drug-likeness (QED) is 0.450. The number of hydrogen-bond acceptors (Lipinski definition) is 4. The number of carboxylic acid groups (broad SMARTS) is 1. The lowest BCUT2D eigenvalue weighted by Gasteiger charge is -2.23. The van der Waals surface area contributed by atoms with Gasteiger partial charge in [-0.15, -0.1) is 0 Å². The number of ether oxygens (including phenoxy) is 1. The van der Waals surface area contributed by atoms with Crippen molar-refractivity contribution in [3.63, 3.8) is 0 Å². The number of alkyl carbamates (subject to hydrolysis) is 1. The van der Waals surface area contributed by atoms with E-state index in [0.717, 1.165) is 28.7 Å². The van der Waals surface area contributed by atoms with Gasteiger partial charge in [0.25, 0.3) is 0 Å². The van der Waals surface area contributed by atoms with Crippen LogP contribution in [-0.4, -0.2) is 42.3 Å². The molecule has 34 heavy (non-hydrogen) atoms. The Bertz CT molecular complexity index is 974. The third kappa shape index (κ3) is 6.16. The van der Waals surface area contributed by atoms with Gasteiger partial charge < -0.3 is 20.5 Å². The molecule has 3 rings (SSSR count). The number of carboxylic acids is 1.